The van der Waals surface area contributed by atoms with Crippen LogP contribution in [0, 0.1) is 5.92 Å². The largest absolute Gasteiger partial charge is 0.481 e. The number of para-hydroxylation sites is 1. The summed E-state index contributed by atoms with van der Waals surface area (Å²) >= 11 is 1.56. The minimum atomic E-state index is -1.01. The summed E-state index contributed by atoms with van der Waals surface area (Å²) in [6.45, 7) is -0.186. The maximum absolute atomic E-state index is 10.6. The molecule has 4 atom stereocenters. The Bertz CT molecular complexity index is 1270. The van der Waals surface area contributed by atoms with E-state index in [1.807, 2.05) is 36.4 Å². The Morgan fingerprint density at radius 2 is 1.97 bits per heavy atom. The summed E-state index contributed by atoms with van der Waals surface area (Å²) < 4.78 is 6.25. The van der Waals surface area contributed by atoms with Crippen LogP contribution >= 0.6 is 11.3 Å². The highest BCUT2D eigenvalue weighted by molar-refractivity contribution is 7.21. The number of pyridine rings is 2. The van der Waals surface area contributed by atoms with Crippen molar-refractivity contribution in [2.45, 2.75) is 24.7 Å². The average Bonchev–Trinajstić information content (AvgIpc) is 3.40. The van der Waals surface area contributed by atoms with Crippen LogP contribution in [0.5, 0.6) is 5.88 Å². The van der Waals surface area contributed by atoms with Gasteiger partial charge < -0.3 is 30.7 Å². The fourth-order valence-corrected chi connectivity index (χ4v) is 5.19. The molecule has 9 nitrogen and oxygen atoms in total. The molecule has 1 aliphatic carbocycles. The third kappa shape index (κ3) is 4.40. The molecule has 0 spiro atoms. The number of nitrogens with zero attached hydrogens (tertiary/aromatic N) is 3. The van der Waals surface area contributed by atoms with Crippen molar-refractivity contribution >= 4 is 38.7 Å². The van der Waals surface area contributed by atoms with Gasteiger partial charge >= 0.3 is 0 Å². The van der Waals surface area contributed by atoms with Gasteiger partial charge in [0.05, 0.1) is 35.0 Å². The van der Waals surface area contributed by atoms with Crippen LogP contribution in [0.25, 0.3) is 20.8 Å². The van der Waals surface area contributed by atoms with E-state index >= 15 is 0 Å². The highest BCUT2D eigenvalue weighted by Crippen LogP contribution is 2.38. The minimum absolute atomic E-state index is 0.186. The van der Waals surface area contributed by atoms with E-state index in [0.717, 1.165) is 26.5 Å². The molecule has 1 saturated carbocycles. The quantitative estimate of drug-likeness (QED) is 0.271. The number of rotatable bonds is 7. The molecule has 0 radical (unpaired) electrons. The van der Waals surface area contributed by atoms with Gasteiger partial charge in [-0.1, -0.05) is 12.1 Å². The van der Waals surface area contributed by atoms with Gasteiger partial charge in [0.25, 0.3) is 0 Å². The lowest BCUT2D eigenvalue weighted by atomic mass is 10.1. The zero-order valence-electron chi connectivity index (χ0n) is 18.4. The van der Waals surface area contributed by atoms with Crippen LogP contribution in [0.4, 0.5) is 17.2 Å². The summed E-state index contributed by atoms with van der Waals surface area (Å²) in [5.74, 6) is 0.669. The molecule has 0 bridgehead atoms. The Hall–Kier alpha value is -3.31. The first-order chi connectivity index (χ1) is 16.6. The Kier molecular flexibility index (Phi) is 6.29. The molecule has 5 N–H and O–H groups in total. The van der Waals surface area contributed by atoms with Gasteiger partial charge in [0.1, 0.15) is 16.9 Å². The molecule has 4 unspecified atom stereocenters. The highest BCUT2D eigenvalue weighted by atomic mass is 32.1. The number of aliphatic hydroxyl groups excluding tert-OH is 3. The van der Waals surface area contributed by atoms with Crippen LogP contribution in [0.3, 0.4) is 0 Å². The standard InChI is InChI=1S/C24H25N5O4S/c1-33-21-9-14(6-7-25-21)27-20-10-17(28-18-8-13(12-30)22(31)23(18)32)15(11-26-20)24-29-16-4-2-3-5-19(16)34-24/h2-7,9-11,13,18,22-23,30-32H,8,12H2,1H3,(H2,25,26,27,28). The Balaban J connectivity index is 1.51. The van der Waals surface area contributed by atoms with E-state index in [1.165, 1.54) is 0 Å². The van der Waals surface area contributed by atoms with Gasteiger partial charge in [-0.2, -0.15) is 0 Å². The van der Waals surface area contributed by atoms with E-state index in [2.05, 4.69) is 20.6 Å². The number of nitrogens with one attached hydrogen (secondary N) is 2. The molecule has 5 rings (SSSR count). The monoisotopic (exact) mass is 479 g/mol. The lowest BCUT2D eigenvalue weighted by molar-refractivity contribution is 0.00448. The van der Waals surface area contributed by atoms with Crippen LogP contribution < -0.4 is 15.4 Å². The molecular weight excluding hydrogens is 454 g/mol. The fourth-order valence-electron chi connectivity index (χ4n) is 4.20. The molecule has 1 fully saturated rings. The zero-order chi connectivity index (χ0) is 23.7. The van der Waals surface area contributed by atoms with Crippen LogP contribution in [0.1, 0.15) is 6.42 Å². The van der Waals surface area contributed by atoms with Crippen LogP contribution in [0.15, 0.2) is 54.9 Å². The molecule has 0 saturated heterocycles. The molecule has 0 aliphatic heterocycles. The van der Waals surface area contributed by atoms with E-state index in [-0.39, 0.29) is 12.5 Å². The first-order valence-electron chi connectivity index (χ1n) is 10.9. The summed E-state index contributed by atoms with van der Waals surface area (Å²) in [6.07, 6.45) is 1.82. The van der Waals surface area contributed by atoms with Crippen molar-refractivity contribution in [2.75, 3.05) is 24.4 Å². The minimum Gasteiger partial charge on any atom is -0.481 e. The topological polar surface area (TPSA) is 133 Å². The molecule has 10 heteroatoms. The molecule has 1 aliphatic rings. The van der Waals surface area contributed by atoms with Crippen molar-refractivity contribution in [1.82, 2.24) is 15.0 Å². The summed E-state index contributed by atoms with van der Waals surface area (Å²) in [5.41, 5.74) is 3.16. The molecule has 4 aromatic rings. The van der Waals surface area contributed by atoms with Crippen molar-refractivity contribution in [1.29, 1.82) is 0 Å². The van der Waals surface area contributed by atoms with E-state index in [9.17, 15) is 15.3 Å². The molecule has 34 heavy (non-hydrogen) atoms. The molecule has 1 aromatic carbocycles. The maximum Gasteiger partial charge on any atom is 0.214 e. The first kappa shape index (κ1) is 22.5. The summed E-state index contributed by atoms with van der Waals surface area (Å²) in [4.78, 5) is 13.5. The van der Waals surface area contributed by atoms with E-state index in [4.69, 9.17) is 9.72 Å². The van der Waals surface area contributed by atoms with Gasteiger partial charge in [-0.15, -0.1) is 11.3 Å². The number of ether oxygens (including phenoxy) is 1. The van der Waals surface area contributed by atoms with Gasteiger partial charge in [-0.05, 0) is 24.6 Å². The smallest absolute Gasteiger partial charge is 0.214 e. The third-order valence-corrected chi connectivity index (χ3v) is 7.09. The van der Waals surface area contributed by atoms with E-state index in [1.54, 1.807) is 36.9 Å². The number of anilines is 3. The average molecular weight is 480 g/mol. The van der Waals surface area contributed by atoms with Crippen molar-refractivity contribution in [3.63, 3.8) is 0 Å². The summed E-state index contributed by atoms with van der Waals surface area (Å²) in [6, 6.07) is 12.9. The number of fused-ring (bicyclic) bond motifs is 1. The second kappa shape index (κ2) is 9.51. The van der Waals surface area contributed by atoms with Gasteiger partial charge in [-0.3, -0.25) is 0 Å². The number of methoxy groups -OCH3 is 1. The lowest BCUT2D eigenvalue weighted by Gasteiger charge is -2.21. The maximum atomic E-state index is 10.6. The number of aliphatic hydroxyl groups is 3. The number of aromatic nitrogens is 3. The molecule has 3 heterocycles. The van der Waals surface area contributed by atoms with Crippen LogP contribution in [-0.4, -0.2) is 62.2 Å². The Morgan fingerprint density at radius 1 is 1.12 bits per heavy atom. The van der Waals surface area contributed by atoms with Gasteiger partial charge in [0.2, 0.25) is 5.88 Å². The van der Waals surface area contributed by atoms with Crippen LogP contribution in [0.2, 0.25) is 0 Å². The molecule has 3 aromatic heterocycles. The lowest BCUT2D eigenvalue weighted by Crippen LogP contribution is -2.35. The summed E-state index contributed by atoms with van der Waals surface area (Å²) in [5, 5.41) is 37.8. The van der Waals surface area contributed by atoms with E-state index < -0.39 is 18.2 Å². The molecule has 176 valence electrons. The third-order valence-electron chi connectivity index (χ3n) is 6.02. The number of benzene rings is 1. The normalized spacial score (nSPS) is 22.1. The van der Waals surface area contributed by atoms with Gasteiger partial charge in [0, 0.05) is 48.4 Å². The van der Waals surface area contributed by atoms with Crippen molar-refractivity contribution in [3.05, 3.63) is 54.9 Å². The second-order valence-corrected chi connectivity index (χ2v) is 9.25. The number of thiazole rings is 1. The second-order valence-electron chi connectivity index (χ2n) is 8.22. The number of hydrogen-bond donors (Lipinski definition) is 5. The van der Waals surface area contributed by atoms with Crippen LogP contribution in [-0.2, 0) is 0 Å². The highest BCUT2D eigenvalue weighted by Gasteiger charge is 2.41. The number of hydrogen-bond acceptors (Lipinski definition) is 10. The van der Waals surface area contributed by atoms with Crippen molar-refractivity contribution in [3.8, 4) is 16.5 Å². The molecule has 0 amide bonds. The van der Waals surface area contributed by atoms with Gasteiger partial charge in [0.15, 0.2) is 0 Å². The van der Waals surface area contributed by atoms with E-state index in [0.29, 0.717) is 23.8 Å². The predicted molar refractivity (Wildman–Crippen MR) is 132 cm³/mol. The van der Waals surface area contributed by atoms with Crippen molar-refractivity contribution in [2.24, 2.45) is 5.92 Å². The summed E-state index contributed by atoms with van der Waals surface area (Å²) in [7, 11) is 1.56. The predicted octanol–water partition coefficient (Wildman–Crippen LogP) is 3.02. The Labute approximate surface area is 200 Å². The zero-order valence-corrected chi connectivity index (χ0v) is 19.2. The fraction of sp³-hybridized carbons (Fsp3) is 0.292. The SMILES string of the molecule is COc1cc(Nc2cc(NC3CC(CO)C(O)C3O)c(-c3nc4ccccc4s3)cn2)ccn1. The molecular formula is C24H25N5O4S. The van der Waals surface area contributed by atoms with Crippen molar-refractivity contribution < 1.29 is 20.1 Å². The first-order valence-corrected chi connectivity index (χ1v) is 11.7. The van der Waals surface area contributed by atoms with Gasteiger partial charge in [-0.25, -0.2) is 15.0 Å². The Morgan fingerprint density at radius 3 is 2.74 bits per heavy atom.